The number of halogens is 3. The third-order valence-corrected chi connectivity index (χ3v) is 5.92. The summed E-state index contributed by atoms with van der Waals surface area (Å²) in [6.07, 6.45) is 4.42. The number of nitrogens with zero attached hydrogens (tertiary/aromatic N) is 1. The monoisotopic (exact) mass is 358 g/mol. The van der Waals surface area contributed by atoms with Gasteiger partial charge >= 0.3 is 0 Å². The maximum absolute atomic E-state index is 14.4. The number of benzene rings is 1. The summed E-state index contributed by atoms with van der Waals surface area (Å²) in [6.45, 7) is 0. The molecule has 0 aromatic heterocycles. The molecule has 0 aliphatic carbocycles. The molecule has 5 heteroatoms. The van der Waals surface area contributed by atoms with E-state index in [1.165, 1.54) is 25.0 Å². The molecular formula is C16H21BrF2N2. The van der Waals surface area contributed by atoms with E-state index in [0.717, 1.165) is 12.8 Å². The Labute approximate surface area is 133 Å². The zero-order valence-electron chi connectivity index (χ0n) is 12.4. The Bertz CT molecular complexity index is 523. The average Bonchev–Trinajstić information content (AvgIpc) is 2.69. The van der Waals surface area contributed by atoms with E-state index < -0.39 is 11.6 Å². The van der Waals surface area contributed by atoms with Gasteiger partial charge < -0.3 is 10.2 Å². The summed E-state index contributed by atoms with van der Waals surface area (Å²) in [6, 6.07) is 3.63. The van der Waals surface area contributed by atoms with Crippen LogP contribution in [0.15, 0.2) is 16.6 Å². The van der Waals surface area contributed by atoms with Crippen molar-refractivity contribution in [3.8, 4) is 0 Å². The third-order valence-electron chi connectivity index (χ3n) is 5.31. The molecule has 0 radical (unpaired) electrons. The maximum Gasteiger partial charge on any atom is 0.145 e. The molecular weight excluding hydrogens is 338 g/mol. The molecule has 2 heterocycles. The van der Waals surface area contributed by atoms with E-state index in [0.29, 0.717) is 16.6 Å². The molecule has 1 aromatic rings. The van der Waals surface area contributed by atoms with Gasteiger partial charge in [0, 0.05) is 23.7 Å². The molecule has 2 aliphatic rings. The van der Waals surface area contributed by atoms with E-state index in [9.17, 15) is 8.78 Å². The van der Waals surface area contributed by atoms with Crippen molar-refractivity contribution in [1.29, 1.82) is 0 Å². The number of nitrogens with one attached hydrogen (secondary N) is 1. The highest BCUT2D eigenvalue weighted by atomic mass is 79.9. The van der Waals surface area contributed by atoms with Crippen LogP contribution in [0.25, 0.3) is 0 Å². The lowest BCUT2D eigenvalue weighted by Gasteiger charge is -2.40. The lowest BCUT2D eigenvalue weighted by atomic mass is 9.82. The molecule has 2 aliphatic heterocycles. The molecule has 0 spiro atoms. The van der Waals surface area contributed by atoms with Gasteiger partial charge in [-0.15, -0.1) is 0 Å². The van der Waals surface area contributed by atoms with Crippen LogP contribution in [0, 0.1) is 17.6 Å². The Morgan fingerprint density at radius 2 is 1.86 bits per heavy atom. The van der Waals surface area contributed by atoms with Crippen molar-refractivity contribution in [2.24, 2.45) is 5.92 Å². The topological polar surface area (TPSA) is 15.3 Å². The SMILES string of the molecule is CNC(c1c(F)ccc(Br)c1F)C1CC2CCC(C1)N2C. The highest BCUT2D eigenvalue weighted by Crippen LogP contribution is 2.43. The van der Waals surface area contributed by atoms with Crippen molar-refractivity contribution in [2.45, 2.75) is 43.8 Å². The van der Waals surface area contributed by atoms with Crippen molar-refractivity contribution in [1.82, 2.24) is 10.2 Å². The largest absolute Gasteiger partial charge is 0.313 e. The summed E-state index contributed by atoms with van der Waals surface area (Å²) >= 11 is 3.17. The summed E-state index contributed by atoms with van der Waals surface area (Å²) in [4.78, 5) is 2.44. The van der Waals surface area contributed by atoms with Gasteiger partial charge in [0.05, 0.1) is 4.47 Å². The van der Waals surface area contributed by atoms with Crippen LogP contribution < -0.4 is 5.32 Å². The van der Waals surface area contributed by atoms with Gasteiger partial charge in [-0.1, -0.05) is 0 Å². The number of piperidine rings is 1. The first kappa shape index (κ1) is 15.4. The van der Waals surface area contributed by atoms with Gasteiger partial charge in [-0.05, 0) is 73.8 Å². The van der Waals surface area contributed by atoms with Crippen LogP contribution in [-0.2, 0) is 0 Å². The first-order valence-corrected chi connectivity index (χ1v) is 8.34. The quantitative estimate of drug-likeness (QED) is 0.825. The van der Waals surface area contributed by atoms with E-state index in [1.54, 1.807) is 7.05 Å². The minimum Gasteiger partial charge on any atom is -0.313 e. The Hall–Kier alpha value is -0.520. The highest BCUT2D eigenvalue weighted by Gasteiger charge is 2.42. The van der Waals surface area contributed by atoms with Crippen molar-refractivity contribution < 1.29 is 8.78 Å². The molecule has 2 saturated heterocycles. The molecule has 2 nitrogen and oxygen atoms in total. The second-order valence-corrected chi connectivity index (χ2v) is 7.16. The van der Waals surface area contributed by atoms with Gasteiger partial charge in [-0.25, -0.2) is 8.78 Å². The fourth-order valence-corrected chi connectivity index (χ4v) is 4.52. The highest BCUT2D eigenvalue weighted by molar-refractivity contribution is 9.10. The van der Waals surface area contributed by atoms with Crippen LogP contribution in [0.4, 0.5) is 8.78 Å². The molecule has 3 rings (SSSR count). The first-order chi connectivity index (χ1) is 10.0. The minimum atomic E-state index is -0.472. The molecule has 0 amide bonds. The standard InChI is InChI=1S/C16H21BrF2N2/c1-20-16(14-13(18)6-5-12(17)15(14)19)9-7-10-3-4-11(8-9)21(10)2/h5-6,9-11,16,20H,3-4,7-8H2,1-2H3. The Morgan fingerprint density at radius 1 is 1.24 bits per heavy atom. The van der Waals surface area contributed by atoms with E-state index in [-0.39, 0.29) is 17.5 Å². The lowest BCUT2D eigenvalue weighted by Crippen LogP contribution is -2.43. The Kier molecular flexibility index (Phi) is 4.35. The third kappa shape index (κ3) is 2.64. The predicted octanol–water partition coefficient (Wildman–Crippen LogP) is 3.86. The van der Waals surface area contributed by atoms with Gasteiger partial charge in [-0.2, -0.15) is 0 Å². The van der Waals surface area contributed by atoms with Crippen LogP contribution in [0.2, 0.25) is 0 Å². The maximum atomic E-state index is 14.4. The summed E-state index contributed by atoms with van der Waals surface area (Å²) in [5, 5.41) is 3.16. The normalized spacial score (nSPS) is 30.6. The van der Waals surface area contributed by atoms with Crippen LogP contribution in [-0.4, -0.2) is 31.1 Å². The fourth-order valence-electron chi connectivity index (χ4n) is 4.17. The molecule has 1 aromatic carbocycles. The number of fused-ring (bicyclic) bond motifs is 2. The smallest absolute Gasteiger partial charge is 0.145 e. The van der Waals surface area contributed by atoms with Crippen molar-refractivity contribution in [2.75, 3.05) is 14.1 Å². The van der Waals surface area contributed by atoms with Crippen molar-refractivity contribution >= 4 is 15.9 Å². The van der Waals surface area contributed by atoms with Gasteiger partial charge in [0.25, 0.3) is 0 Å². The molecule has 21 heavy (non-hydrogen) atoms. The predicted molar refractivity (Wildman–Crippen MR) is 83.2 cm³/mol. The molecule has 2 fully saturated rings. The molecule has 3 atom stereocenters. The average molecular weight is 359 g/mol. The lowest BCUT2D eigenvalue weighted by molar-refractivity contribution is 0.112. The second-order valence-electron chi connectivity index (χ2n) is 6.31. The van der Waals surface area contributed by atoms with E-state index in [1.807, 2.05) is 0 Å². The van der Waals surface area contributed by atoms with Crippen LogP contribution >= 0.6 is 15.9 Å². The van der Waals surface area contributed by atoms with Gasteiger partial charge in [0.1, 0.15) is 11.6 Å². The molecule has 2 bridgehead atoms. The zero-order chi connectivity index (χ0) is 15.1. The number of rotatable bonds is 3. The van der Waals surface area contributed by atoms with Gasteiger partial charge in [0.15, 0.2) is 0 Å². The molecule has 3 unspecified atom stereocenters. The van der Waals surface area contributed by atoms with Gasteiger partial charge in [-0.3, -0.25) is 0 Å². The van der Waals surface area contributed by atoms with Crippen molar-refractivity contribution in [3.05, 3.63) is 33.8 Å². The summed E-state index contributed by atoms with van der Waals surface area (Å²) < 4.78 is 28.9. The molecule has 0 saturated carbocycles. The first-order valence-electron chi connectivity index (χ1n) is 7.55. The minimum absolute atomic E-state index is 0.181. The summed E-state index contributed by atoms with van der Waals surface area (Å²) in [7, 11) is 3.97. The second kappa shape index (κ2) is 5.94. The fraction of sp³-hybridized carbons (Fsp3) is 0.625. The Morgan fingerprint density at radius 3 is 2.43 bits per heavy atom. The van der Waals surface area contributed by atoms with Crippen LogP contribution in [0.5, 0.6) is 0 Å². The number of hydrogen-bond acceptors (Lipinski definition) is 2. The zero-order valence-corrected chi connectivity index (χ0v) is 14.0. The molecule has 116 valence electrons. The van der Waals surface area contributed by atoms with Crippen LogP contribution in [0.3, 0.4) is 0 Å². The summed E-state index contributed by atoms with van der Waals surface area (Å²) in [5.41, 5.74) is 0.181. The van der Waals surface area contributed by atoms with E-state index in [4.69, 9.17) is 0 Å². The number of hydrogen-bond donors (Lipinski definition) is 1. The van der Waals surface area contributed by atoms with Crippen LogP contribution in [0.1, 0.15) is 37.3 Å². The van der Waals surface area contributed by atoms with E-state index >= 15 is 0 Å². The van der Waals surface area contributed by atoms with Crippen molar-refractivity contribution in [3.63, 3.8) is 0 Å². The Balaban J connectivity index is 1.91. The molecule has 1 N–H and O–H groups in total. The van der Waals surface area contributed by atoms with Gasteiger partial charge in [0.2, 0.25) is 0 Å². The van der Waals surface area contributed by atoms with E-state index in [2.05, 4.69) is 33.2 Å². The summed E-state index contributed by atoms with van der Waals surface area (Å²) in [5.74, 6) is -0.649.